The molecule has 0 bridgehead atoms. The van der Waals surface area contributed by atoms with Crippen LogP contribution in [0.25, 0.3) is 11.0 Å². The molecule has 0 spiro atoms. The fraction of sp³-hybridized carbons (Fsp3) is 0.120. The lowest BCUT2D eigenvalue weighted by Gasteiger charge is -2.19. The number of phenols is 1. The van der Waals surface area contributed by atoms with Gasteiger partial charge < -0.3 is 24.3 Å². The summed E-state index contributed by atoms with van der Waals surface area (Å²) in [5.41, 5.74) is 1.33. The number of fused-ring (bicyclic) bond motifs is 3. The lowest BCUT2D eigenvalue weighted by Crippen LogP contribution is -2.35. The SMILES string of the molecule is COc1ccc(NC(=O)[C@H]2Oc3c(c(=O)oc4ccccc34)[C@@H]2c2ccc(O)cc2)cc1. The maximum Gasteiger partial charge on any atom is 0.344 e. The molecule has 1 amide bonds. The van der Waals surface area contributed by atoms with Crippen LogP contribution in [0.4, 0.5) is 5.69 Å². The maximum atomic E-state index is 13.3. The number of benzene rings is 3. The van der Waals surface area contributed by atoms with E-state index >= 15 is 0 Å². The summed E-state index contributed by atoms with van der Waals surface area (Å²) < 4.78 is 16.8. The van der Waals surface area contributed by atoms with E-state index in [-0.39, 0.29) is 11.3 Å². The van der Waals surface area contributed by atoms with Gasteiger partial charge in [0.1, 0.15) is 22.8 Å². The first-order valence-electron chi connectivity index (χ1n) is 10.0. The quantitative estimate of drug-likeness (QED) is 0.475. The summed E-state index contributed by atoms with van der Waals surface area (Å²) in [7, 11) is 1.56. The Hall–Kier alpha value is -4.26. The molecular weight excluding hydrogens is 410 g/mol. The van der Waals surface area contributed by atoms with Crippen LogP contribution in [0.5, 0.6) is 17.2 Å². The van der Waals surface area contributed by atoms with Gasteiger partial charge in [0.25, 0.3) is 5.91 Å². The maximum absolute atomic E-state index is 13.3. The molecule has 3 aromatic carbocycles. The number of ether oxygens (including phenoxy) is 2. The molecule has 2 heterocycles. The molecule has 0 radical (unpaired) electrons. The minimum Gasteiger partial charge on any atom is -0.508 e. The molecule has 32 heavy (non-hydrogen) atoms. The van der Waals surface area contributed by atoms with Crippen molar-refractivity contribution in [2.45, 2.75) is 12.0 Å². The summed E-state index contributed by atoms with van der Waals surface area (Å²) in [5.74, 6) is -0.0290. The molecule has 7 heteroatoms. The number of rotatable bonds is 4. The van der Waals surface area contributed by atoms with Crippen LogP contribution in [0.15, 0.2) is 82.0 Å². The van der Waals surface area contributed by atoms with Crippen LogP contribution in [0, 0.1) is 0 Å². The Balaban J connectivity index is 1.59. The first-order valence-corrected chi connectivity index (χ1v) is 10.0. The zero-order valence-corrected chi connectivity index (χ0v) is 17.1. The molecule has 0 fully saturated rings. The summed E-state index contributed by atoms with van der Waals surface area (Å²) in [6.45, 7) is 0. The Bertz CT molecular complexity index is 1360. The lowest BCUT2D eigenvalue weighted by atomic mass is 9.88. The minimum absolute atomic E-state index is 0.0812. The monoisotopic (exact) mass is 429 g/mol. The Labute approximate surface area is 182 Å². The Morgan fingerprint density at radius 1 is 1.00 bits per heavy atom. The highest BCUT2D eigenvalue weighted by Crippen LogP contribution is 2.44. The van der Waals surface area contributed by atoms with Gasteiger partial charge >= 0.3 is 5.63 Å². The second kappa shape index (κ2) is 7.77. The normalized spacial score (nSPS) is 16.9. The summed E-state index contributed by atoms with van der Waals surface area (Å²) in [4.78, 5) is 26.2. The molecule has 1 aliphatic heterocycles. The van der Waals surface area contributed by atoms with E-state index in [1.54, 1.807) is 61.7 Å². The van der Waals surface area contributed by atoms with Gasteiger partial charge in [-0.25, -0.2) is 4.79 Å². The van der Waals surface area contributed by atoms with E-state index in [0.29, 0.717) is 33.7 Å². The summed E-state index contributed by atoms with van der Waals surface area (Å²) in [6.07, 6.45) is -1.01. The van der Waals surface area contributed by atoms with Crippen LogP contribution >= 0.6 is 0 Å². The van der Waals surface area contributed by atoms with E-state index < -0.39 is 23.6 Å². The number of nitrogens with one attached hydrogen (secondary N) is 1. The molecule has 2 atom stereocenters. The van der Waals surface area contributed by atoms with Crippen LogP contribution in [0.3, 0.4) is 0 Å². The molecule has 1 aliphatic rings. The van der Waals surface area contributed by atoms with E-state index in [9.17, 15) is 14.7 Å². The molecule has 1 aromatic heterocycles. The molecule has 0 aliphatic carbocycles. The Kier molecular flexibility index (Phi) is 4.78. The van der Waals surface area contributed by atoms with Crippen molar-refractivity contribution in [2.75, 3.05) is 12.4 Å². The number of amides is 1. The van der Waals surface area contributed by atoms with Gasteiger partial charge in [-0.05, 0) is 54.1 Å². The van der Waals surface area contributed by atoms with Crippen molar-refractivity contribution in [1.29, 1.82) is 0 Å². The van der Waals surface area contributed by atoms with Gasteiger partial charge in [-0.2, -0.15) is 0 Å². The number of aromatic hydroxyl groups is 1. The molecule has 5 rings (SSSR count). The fourth-order valence-electron chi connectivity index (χ4n) is 3.99. The van der Waals surface area contributed by atoms with Crippen molar-refractivity contribution in [3.63, 3.8) is 0 Å². The first-order chi connectivity index (χ1) is 15.5. The Morgan fingerprint density at radius 3 is 2.44 bits per heavy atom. The van der Waals surface area contributed by atoms with E-state index in [1.807, 2.05) is 6.07 Å². The van der Waals surface area contributed by atoms with Crippen LogP contribution in [-0.2, 0) is 4.79 Å². The second-order valence-electron chi connectivity index (χ2n) is 7.45. The highest BCUT2D eigenvalue weighted by Gasteiger charge is 2.44. The van der Waals surface area contributed by atoms with E-state index in [2.05, 4.69) is 5.32 Å². The van der Waals surface area contributed by atoms with Crippen molar-refractivity contribution in [2.24, 2.45) is 0 Å². The molecular formula is C25H19NO6. The highest BCUT2D eigenvalue weighted by atomic mass is 16.5. The molecule has 7 nitrogen and oxygen atoms in total. The van der Waals surface area contributed by atoms with E-state index in [4.69, 9.17) is 13.9 Å². The summed E-state index contributed by atoms with van der Waals surface area (Å²) in [6, 6.07) is 20.3. The average molecular weight is 429 g/mol. The predicted molar refractivity (Wildman–Crippen MR) is 118 cm³/mol. The molecule has 0 unspecified atom stereocenters. The zero-order valence-electron chi connectivity index (χ0n) is 17.1. The third-order valence-corrected chi connectivity index (χ3v) is 5.53. The number of hydrogen-bond acceptors (Lipinski definition) is 6. The number of para-hydroxylation sites is 1. The smallest absolute Gasteiger partial charge is 0.344 e. The number of phenolic OH excluding ortho intramolecular Hbond substituents is 1. The number of carbonyl (C=O) groups excluding carboxylic acids is 1. The van der Waals surface area contributed by atoms with Gasteiger partial charge in [0.05, 0.1) is 24.0 Å². The number of carbonyl (C=O) groups is 1. The van der Waals surface area contributed by atoms with Crippen LogP contribution in [-0.4, -0.2) is 24.2 Å². The number of methoxy groups -OCH3 is 1. The summed E-state index contributed by atoms with van der Waals surface area (Å²) >= 11 is 0. The molecule has 2 N–H and O–H groups in total. The van der Waals surface area contributed by atoms with Gasteiger partial charge in [-0.1, -0.05) is 24.3 Å². The third kappa shape index (κ3) is 3.33. The lowest BCUT2D eigenvalue weighted by molar-refractivity contribution is -0.122. The van der Waals surface area contributed by atoms with Crippen molar-refractivity contribution >= 4 is 22.6 Å². The highest BCUT2D eigenvalue weighted by molar-refractivity contribution is 5.97. The average Bonchev–Trinajstić information content (AvgIpc) is 3.22. The number of anilines is 1. The van der Waals surface area contributed by atoms with Crippen molar-refractivity contribution in [1.82, 2.24) is 0 Å². The van der Waals surface area contributed by atoms with Gasteiger partial charge in [0.2, 0.25) is 0 Å². The third-order valence-electron chi connectivity index (χ3n) is 5.53. The standard InChI is InChI=1S/C25H19NO6/c1-30-17-12-8-15(9-13-17)26-24(28)23-20(14-6-10-16(27)11-7-14)21-22(32-23)18-4-2-3-5-19(18)31-25(21)29/h2-13,20,23,27H,1H3,(H,26,28)/t20-,23-/m0/s1. The molecule has 0 saturated carbocycles. The van der Waals surface area contributed by atoms with Crippen LogP contribution < -0.4 is 20.4 Å². The van der Waals surface area contributed by atoms with Gasteiger partial charge in [-0.15, -0.1) is 0 Å². The summed E-state index contributed by atoms with van der Waals surface area (Å²) in [5, 5.41) is 13.2. The Morgan fingerprint density at radius 2 is 1.72 bits per heavy atom. The van der Waals surface area contributed by atoms with Crippen LogP contribution in [0.1, 0.15) is 17.0 Å². The fourth-order valence-corrected chi connectivity index (χ4v) is 3.99. The van der Waals surface area contributed by atoms with E-state index in [1.165, 1.54) is 12.1 Å². The van der Waals surface area contributed by atoms with Crippen LogP contribution in [0.2, 0.25) is 0 Å². The van der Waals surface area contributed by atoms with E-state index in [0.717, 1.165) is 0 Å². The first kappa shape index (κ1) is 19.7. The predicted octanol–water partition coefficient (Wildman–Crippen LogP) is 4.04. The van der Waals surface area contributed by atoms with Gasteiger partial charge in [0.15, 0.2) is 6.10 Å². The van der Waals surface area contributed by atoms with Crippen molar-refractivity contribution < 1.29 is 23.8 Å². The zero-order chi connectivity index (χ0) is 22.2. The molecule has 160 valence electrons. The van der Waals surface area contributed by atoms with Gasteiger partial charge in [0, 0.05) is 5.69 Å². The van der Waals surface area contributed by atoms with Crippen molar-refractivity contribution in [3.8, 4) is 17.2 Å². The largest absolute Gasteiger partial charge is 0.508 e. The molecule has 4 aromatic rings. The number of hydrogen-bond donors (Lipinski definition) is 2. The minimum atomic E-state index is -1.01. The second-order valence-corrected chi connectivity index (χ2v) is 7.45. The topological polar surface area (TPSA) is 98.0 Å². The molecule has 0 saturated heterocycles. The van der Waals surface area contributed by atoms with Crippen molar-refractivity contribution in [3.05, 3.63) is 94.3 Å². The van der Waals surface area contributed by atoms with Gasteiger partial charge in [-0.3, -0.25) is 4.79 Å².